The molecule has 1 aromatic rings. The van der Waals surface area contributed by atoms with Gasteiger partial charge in [-0.25, -0.2) is 9.18 Å². The number of benzene rings is 1. The van der Waals surface area contributed by atoms with Gasteiger partial charge in [0.15, 0.2) is 0 Å². The lowest BCUT2D eigenvalue weighted by molar-refractivity contribution is -0.130. The van der Waals surface area contributed by atoms with E-state index in [9.17, 15) is 9.18 Å². The van der Waals surface area contributed by atoms with Gasteiger partial charge < -0.3 is 5.11 Å². The van der Waals surface area contributed by atoms with Crippen molar-refractivity contribution < 1.29 is 14.3 Å². The molecule has 1 rings (SSSR count). The fourth-order valence-electron chi connectivity index (χ4n) is 0.849. The topological polar surface area (TPSA) is 37.3 Å². The Morgan fingerprint density at radius 1 is 1.54 bits per heavy atom. The van der Waals surface area contributed by atoms with Crippen molar-refractivity contribution in [2.24, 2.45) is 0 Å². The van der Waals surface area contributed by atoms with Crippen LogP contribution in [0.15, 0.2) is 24.8 Å². The summed E-state index contributed by atoms with van der Waals surface area (Å²) >= 11 is 5.48. The number of hydrogen-bond acceptors (Lipinski definition) is 1. The van der Waals surface area contributed by atoms with E-state index in [1.165, 1.54) is 12.1 Å². The molecule has 0 spiro atoms. The van der Waals surface area contributed by atoms with Gasteiger partial charge in [0.25, 0.3) is 0 Å². The molecule has 0 aliphatic heterocycles. The maximum Gasteiger partial charge on any atom is 0.335 e. The third-order valence-corrected chi connectivity index (χ3v) is 1.75. The Morgan fingerprint density at radius 2 is 2.15 bits per heavy atom. The molecule has 0 aliphatic carbocycles. The molecule has 1 aromatic carbocycles. The molecule has 2 nitrogen and oxygen atoms in total. The van der Waals surface area contributed by atoms with E-state index in [0.29, 0.717) is 0 Å². The predicted molar refractivity (Wildman–Crippen MR) is 48.1 cm³/mol. The van der Waals surface area contributed by atoms with Crippen LogP contribution in [-0.4, -0.2) is 11.1 Å². The SMILES string of the molecule is C=C(C(=O)O)c1ccc(Cl)cc1F. The summed E-state index contributed by atoms with van der Waals surface area (Å²) in [7, 11) is 0. The van der Waals surface area contributed by atoms with Gasteiger partial charge in [0, 0.05) is 10.6 Å². The third-order valence-electron chi connectivity index (χ3n) is 1.51. The van der Waals surface area contributed by atoms with E-state index in [0.717, 1.165) is 6.07 Å². The van der Waals surface area contributed by atoms with Crippen molar-refractivity contribution in [1.82, 2.24) is 0 Å². The van der Waals surface area contributed by atoms with Crippen molar-refractivity contribution in [3.05, 3.63) is 41.2 Å². The fourth-order valence-corrected chi connectivity index (χ4v) is 1.01. The Hall–Kier alpha value is -1.35. The summed E-state index contributed by atoms with van der Waals surface area (Å²) in [5.74, 6) is -1.93. The first-order valence-corrected chi connectivity index (χ1v) is 3.78. The second-order valence-corrected chi connectivity index (χ2v) is 2.84. The van der Waals surface area contributed by atoms with Gasteiger partial charge in [-0.1, -0.05) is 18.2 Å². The zero-order valence-electron chi connectivity index (χ0n) is 6.55. The first kappa shape index (κ1) is 9.74. The molecule has 4 heteroatoms. The molecule has 68 valence electrons. The lowest BCUT2D eigenvalue weighted by atomic mass is 10.1. The minimum absolute atomic E-state index is 0.0445. The third kappa shape index (κ3) is 2.06. The van der Waals surface area contributed by atoms with Gasteiger partial charge in [-0.05, 0) is 18.2 Å². The first-order valence-electron chi connectivity index (χ1n) is 3.40. The second-order valence-electron chi connectivity index (χ2n) is 2.41. The highest BCUT2D eigenvalue weighted by Crippen LogP contribution is 2.20. The van der Waals surface area contributed by atoms with Gasteiger partial charge in [0.2, 0.25) is 0 Å². The van der Waals surface area contributed by atoms with Gasteiger partial charge >= 0.3 is 5.97 Å². The molecule has 0 fully saturated rings. The molecule has 13 heavy (non-hydrogen) atoms. The molecule has 0 saturated heterocycles. The standard InChI is InChI=1S/C9H6ClFO2/c1-5(9(12)13)7-3-2-6(10)4-8(7)11/h2-4H,1H2,(H,12,13). The van der Waals surface area contributed by atoms with Crippen LogP contribution in [-0.2, 0) is 4.79 Å². The highest BCUT2D eigenvalue weighted by Gasteiger charge is 2.11. The molecule has 1 N–H and O–H groups in total. The van der Waals surface area contributed by atoms with E-state index in [2.05, 4.69) is 6.58 Å². The number of hydrogen-bond donors (Lipinski definition) is 1. The second kappa shape index (κ2) is 3.58. The van der Waals surface area contributed by atoms with Crippen LogP contribution in [0.1, 0.15) is 5.56 Å². The first-order chi connectivity index (χ1) is 6.02. The lowest BCUT2D eigenvalue weighted by Gasteiger charge is -2.01. The van der Waals surface area contributed by atoms with E-state index in [4.69, 9.17) is 16.7 Å². The van der Waals surface area contributed by atoms with Crippen LogP contribution in [0.3, 0.4) is 0 Å². The minimum atomic E-state index is -1.25. The van der Waals surface area contributed by atoms with Crippen LogP contribution in [0.2, 0.25) is 5.02 Å². The maximum atomic E-state index is 13.1. The quantitative estimate of drug-likeness (QED) is 0.745. The zero-order chi connectivity index (χ0) is 10.0. The predicted octanol–water partition coefficient (Wildman–Crippen LogP) is 2.58. The normalized spacial score (nSPS) is 9.69. The van der Waals surface area contributed by atoms with Crippen LogP contribution in [0.5, 0.6) is 0 Å². The molecule has 0 aromatic heterocycles. The van der Waals surface area contributed by atoms with Crippen LogP contribution in [0.25, 0.3) is 5.57 Å². The Bertz CT molecular complexity index is 374. The summed E-state index contributed by atoms with van der Waals surface area (Å²) < 4.78 is 13.1. The van der Waals surface area contributed by atoms with Crippen molar-refractivity contribution in [2.45, 2.75) is 0 Å². The number of halogens is 2. The zero-order valence-corrected chi connectivity index (χ0v) is 7.31. The van der Waals surface area contributed by atoms with Crippen molar-refractivity contribution in [3.8, 4) is 0 Å². The molecule has 0 bridgehead atoms. The van der Waals surface area contributed by atoms with E-state index in [1.54, 1.807) is 0 Å². The van der Waals surface area contributed by atoms with E-state index in [-0.39, 0.29) is 16.2 Å². The number of carbonyl (C=O) groups is 1. The molecular weight excluding hydrogens is 195 g/mol. The van der Waals surface area contributed by atoms with Crippen LogP contribution < -0.4 is 0 Å². The molecule has 0 radical (unpaired) electrons. The average Bonchev–Trinajstić information content (AvgIpc) is 2.03. The molecule has 0 atom stereocenters. The largest absolute Gasteiger partial charge is 0.478 e. The summed E-state index contributed by atoms with van der Waals surface area (Å²) in [6.45, 7) is 3.23. The summed E-state index contributed by atoms with van der Waals surface area (Å²) in [4.78, 5) is 10.4. The van der Waals surface area contributed by atoms with E-state index in [1.807, 2.05) is 0 Å². The molecule has 0 aliphatic rings. The molecule has 0 heterocycles. The Kier molecular flexibility index (Phi) is 2.68. The van der Waals surface area contributed by atoms with Crippen molar-refractivity contribution in [3.63, 3.8) is 0 Å². The Balaban J connectivity index is 3.16. The van der Waals surface area contributed by atoms with Gasteiger partial charge in [0.1, 0.15) is 5.82 Å². The van der Waals surface area contributed by atoms with Crippen LogP contribution in [0, 0.1) is 5.82 Å². The monoisotopic (exact) mass is 200 g/mol. The summed E-state index contributed by atoms with van der Waals surface area (Å²) in [5.41, 5.74) is -0.328. The summed E-state index contributed by atoms with van der Waals surface area (Å²) in [6.07, 6.45) is 0. The number of carboxylic acid groups (broad SMARTS) is 1. The number of rotatable bonds is 2. The van der Waals surface area contributed by atoms with E-state index >= 15 is 0 Å². The average molecular weight is 201 g/mol. The highest BCUT2D eigenvalue weighted by atomic mass is 35.5. The summed E-state index contributed by atoms with van der Waals surface area (Å²) in [6, 6.07) is 3.74. The molecular formula is C9H6ClFO2. The van der Waals surface area contributed by atoms with Crippen molar-refractivity contribution in [2.75, 3.05) is 0 Å². The minimum Gasteiger partial charge on any atom is -0.478 e. The maximum absolute atomic E-state index is 13.1. The number of carboxylic acids is 1. The smallest absolute Gasteiger partial charge is 0.335 e. The Morgan fingerprint density at radius 3 is 2.62 bits per heavy atom. The highest BCUT2D eigenvalue weighted by molar-refractivity contribution is 6.30. The van der Waals surface area contributed by atoms with Crippen LogP contribution in [0.4, 0.5) is 4.39 Å². The summed E-state index contributed by atoms with van der Waals surface area (Å²) in [5, 5.41) is 8.75. The van der Waals surface area contributed by atoms with Crippen LogP contribution >= 0.6 is 11.6 Å². The van der Waals surface area contributed by atoms with Gasteiger partial charge in [-0.3, -0.25) is 0 Å². The molecule has 0 unspecified atom stereocenters. The van der Waals surface area contributed by atoms with Gasteiger partial charge in [-0.15, -0.1) is 0 Å². The van der Waals surface area contributed by atoms with Gasteiger partial charge in [0.05, 0.1) is 5.57 Å². The molecule has 0 saturated carbocycles. The lowest BCUT2D eigenvalue weighted by Crippen LogP contribution is -2.00. The Labute approximate surface area is 79.3 Å². The van der Waals surface area contributed by atoms with Gasteiger partial charge in [-0.2, -0.15) is 0 Å². The van der Waals surface area contributed by atoms with Crippen molar-refractivity contribution >= 4 is 23.1 Å². The van der Waals surface area contributed by atoms with E-state index < -0.39 is 11.8 Å². The number of aliphatic carboxylic acids is 1. The van der Waals surface area contributed by atoms with Crippen molar-refractivity contribution in [1.29, 1.82) is 0 Å². The molecule has 0 amide bonds. The fraction of sp³-hybridized carbons (Fsp3) is 0.